The zero-order valence-corrected chi connectivity index (χ0v) is 25.1. The van der Waals surface area contributed by atoms with E-state index >= 15 is 0 Å². The van der Waals surface area contributed by atoms with Gasteiger partial charge < -0.3 is 19.9 Å². The Bertz CT molecular complexity index is 1180. The number of aliphatic hydroxyl groups excluding tert-OH is 1. The number of hydrogen-bond donors (Lipinski definition) is 3. The van der Waals surface area contributed by atoms with Gasteiger partial charge in [-0.2, -0.15) is 18.0 Å². The zero-order chi connectivity index (χ0) is 26.9. The van der Waals surface area contributed by atoms with Gasteiger partial charge in [0.25, 0.3) is 0 Å². The van der Waals surface area contributed by atoms with E-state index in [0.717, 1.165) is 19.3 Å². The third kappa shape index (κ3) is 10.9. The van der Waals surface area contributed by atoms with Crippen LogP contribution in [0.3, 0.4) is 0 Å². The van der Waals surface area contributed by atoms with Crippen LogP contribution in [0.2, 0.25) is 5.02 Å². The van der Waals surface area contributed by atoms with Crippen molar-refractivity contribution in [3.63, 3.8) is 0 Å². The summed E-state index contributed by atoms with van der Waals surface area (Å²) < 4.78 is 39.8. The highest BCUT2D eigenvalue weighted by molar-refractivity contribution is 7.90. The van der Waals surface area contributed by atoms with Crippen LogP contribution in [0.5, 0.6) is 5.75 Å². The summed E-state index contributed by atoms with van der Waals surface area (Å²) in [5.41, 5.74) is 1.06. The van der Waals surface area contributed by atoms with E-state index in [9.17, 15) is 18.8 Å². The number of aromatic nitrogens is 1. The average molecular weight is 625 g/mol. The number of halogens is 3. The molecule has 218 valence electrons. The van der Waals surface area contributed by atoms with Crippen molar-refractivity contribution in [3.05, 3.63) is 52.8 Å². The lowest BCUT2D eigenvalue weighted by molar-refractivity contribution is 0.0733. The third-order valence-corrected chi connectivity index (χ3v) is 7.92. The fourth-order valence-electron chi connectivity index (χ4n) is 3.86. The van der Waals surface area contributed by atoms with E-state index in [2.05, 4.69) is 34.9 Å². The van der Waals surface area contributed by atoms with Crippen molar-refractivity contribution in [2.45, 2.75) is 44.8 Å². The number of aliphatic hydroxyl groups is 1. The summed E-state index contributed by atoms with van der Waals surface area (Å²) in [7, 11) is -3.85. The van der Waals surface area contributed by atoms with Crippen LogP contribution >= 0.6 is 36.4 Å². The maximum atomic E-state index is 12.6. The first-order valence-electron chi connectivity index (χ1n) is 12.1. The molecule has 39 heavy (non-hydrogen) atoms. The molecule has 0 amide bonds. The number of rotatable bonds is 13. The summed E-state index contributed by atoms with van der Waals surface area (Å²) in [6, 6.07) is 8.84. The molecule has 1 aliphatic heterocycles. The van der Waals surface area contributed by atoms with Gasteiger partial charge in [0.2, 0.25) is 0 Å². The van der Waals surface area contributed by atoms with Crippen molar-refractivity contribution in [3.8, 4) is 11.8 Å². The second-order valence-electron chi connectivity index (χ2n) is 9.48. The fourth-order valence-corrected chi connectivity index (χ4v) is 5.37. The van der Waals surface area contributed by atoms with Crippen molar-refractivity contribution in [1.29, 1.82) is 5.26 Å². The standard InChI is InChI=1S/C25H34ClN5O5S.2ClH/c1-25(2,9-3-5-19-6-4-10-28-16-19)29-17-20(32)18-36-23-8-7-22(24(26)21(23)15-27)30-37(33,34)31-11-13-35-14-12-31;;/h4,6-8,10,16,20,29-30,32H,3,5,9,11-14,17-18H2,1-2H3;2*1H/t20-;;/m1../s1. The molecule has 10 nitrogen and oxygen atoms in total. The number of aryl methyl sites for hydroxylation is 1. The SMILES string of the molecule is CC(C)(CCCc1cccnc1)NC[C@@H](O)COc1ccc(NS(=O)(=O)N2CCOCC2)c(Cl)c1C#N.Cl.Cl. The molecule has 0 bridgehead atoms. The van der Waals surface area contributed by atoms with Crippen LogP contribution in [0.15, 0.2) is 36.7 Å². The van der Waals surface area contributed by atoms with Gasteiger partial charge in [-0.05, 0) is 56.9 Å². The van der Waals surface area contributed by atoms with Crippen molar-refractivity contribution >= 4 is 52.3 Å². The van der Waals surface area contributed by atoms with E-state index in [-0.39, 0.29) is 72.1 Å². The molecule has 14 heteroatoms. The maximum Gasteiger partial charge on any atom is 0.301 e. The summed E-state index contributed by atoms with van der Waals surface area (Å²) in [5.74, 6) is 0.164. The van der Waals surface area contributed by atoms with Gasteiger partial charge in [0.05, 0.1) is 23.9 Å². The number of morpholine rings is 1. The molecule has 0 radical (unpaired) electrons. The van der Waals surface area contributed by atoms with E-state index in [1.165, 1.54) is 22.0 Å². The lowest BCUT2D eigenvalue weighted by Gasteiger charge is -2.28. The highest BCUT2D eigenvalue weighted by Crippen LogP contribution is 2.33. The highest BCUT2D eigenvalue weighted by atomic mass is 35.5. The Morgan fingerprint density at radius 2 is 2.00 bits per heavy atom. The van der Waals surface area contributed by atoms with E-state index in [0.29, 0.717) is 19.8 Å². The normalized spacial score (nSPS) is 14.8. The first kappa shape index (κ1) is 35.1. The van der Waals surface area contributed by atoms with Gasteiger partial charge in [-0.25, -0.2) is 0 Å². The number of nitrogens with zero attached hydrogens (tertiary/aromatic N) is 3. The van der Waals surface area contributed by atoms with Crippen LogP contribution in [0.25, 0.3) is 0 Å². The predicted octanol–water partition coefficient (Wildman–Crippen LogP) is 3.57. The molecule has 3 rings (SSSR count). The van der Waals surface area contributed by atoms with Gasteiger partial charge in [0.1, 0.15) is 30.1 Å². The van der Waals surface area contributed by atoms with Crippen molar-refractivity contribution < 1.29 is 23.0 Å². The van der Waals surface area contributed by atoms with Gasteiger partial charge in [-0.3, -0.25) is 9.71 Å². The molecule has 0 spiro atoms. The van der Waals surface area contributed by atoms with E-state index in [1.807, 2.05) is 18.3 Å². The molecular formula is C25H36Cl3N5O5S. The number of nitriles is 1. The van der Waals surface area contributed by atoms with E-state index in [1.54, 1.807) is 6.20 Å². The molecule has 0 saturated carbocycles. The van der Waals surface area contributed by atoms with Crippen LogP contribution in [-0.2, 0) is 21.4 Å². The summed E-state index contributed by atoms with van der Waals surface area (Å²) in [6.45, 7) is 5.46. The molecule has 1 aromatic heterocycles. The molecule has 1 fully saturated rings. The Balaban J connectivity index is 0.00000380. The Morgan fingerprint density at radius 1 is 1.28 bits per heavy atom. The monoisotopic (exact) mass is 623 g/mol. The molecule has 2 heterocycles. The number of pyridine rings is 1. The molecule has 1 atom stereocenters. The Hall–Kier alpha value is -1.88. The molecule has 1 saturated heterocycles. The minimum Gasteiger partial charge on any atom is -0.489 e. The third-order valence-electron chi connectivity index (χ3n) is 6.00. The average Bonchev–Trinajstić information content (AvgIpc) is 2.88. The number of hydrogen-bond acceptors (Lipinski definition) is 8. The molecule has 1 aliphatic rings. The summed E-state index contributed by atoms with van der Waals surface area (Å²) >= 11 is 6.34. The highest BCUT2D eigenvalue weighted by Gasteiger charge is 2.26. The minimum atomic E-state index is -3.85. The summed E-state index contributed by atoms with van der Waals surface area (Å²) in [6.07, 6.45) is 5.61. The Morgan fingerprint density at radius 3 is 2.64 bits per heavy atom. The number of benzene rings is 1. The minimum absolute atomic E-state index is 0. The van der Waals surface area contributed by atoms with Crippen LogP contribution in [0, 0.1) is 11.3 Å². The molecule has 1 aromatic carbocycles. The second kappa shape index (κ2) is 16.4. The topological polar surface area (TPSA) is 137 Å². The first-order valence-corrected chi connectivity index (χ1v) is 14.0. The molecular weight excluding hydrogens is 589 g/mol. The smallest absolute Gasteiger partial charge is 0.301 e. The van der Waals surface area contributed by atoms with Crippen LogP contribution in [0.4, 0.5) is 5.69 Å². The van der Waals surface area contributed by atoms with Gasteiger partial charge in [-0.15, -0.1) is 24.8 Å². The number of nitrogens with one attached hydrogen (secondary N) is 2. The fraction of sp³-hybridized carbons (Fsp3) is 0.520. The van der Waals surface area contributed by atoms with Crippen LogP contribution in [0.1, 0.15) is 37.8 Å². The molecule has 3 N–H and O–H groups in total. The number of anilines is 1. The van der Waals surface area contributed by atoms with Gasteiger partial charge in [0.15, 0.2) is 0 Å². The predicted molar refractivity (Wildman–Crippen MR) is 156 cm³/mol. The molecule has 0 aliphatic carbocycles. The molecule has 0 unspecified atom stereocenters. The van der Waals surface area contributed by atoms with Crippen molar-refractivity contribution in [2.24, 2.45) is 0 Å². The van der Waals surface area contributed by atoms with E-state index < -0.39 is 16.3 Å². The zero-order valence-electron chi connectivity index (χ0n) is 21.9. The van der Waals surface area contributed by atoms with Gasteiger partial charge in [-0.1, -0.05) is 17.7 Å². The molecule has 2 aromatic rings. The van der Waals surface area contributed by atoms with Gasteiger partial charge in [0, 0.05) is 37.6 Å². The van der Waals surface area contributed by atoms with Crippen LogP contribution < -0.4 is 14.8 Å². The van der Waals surface area contributed by atoms with Gasteiger partial charge >= 0.3 is 10.2 Å². The van der Waals surface area contributed by atoms with Crippen LogP contribution in [-0.4, -0.2) is 73.9 Å². The lowest BCUT2D eigenvalue weighted by atomic mass is 9.95. The second-order valence-corrected chi connectivity index (χ2v) is 11.5. The maximum absolute atomic E-state index is 12.6. The summed E-state index contributed by atoms with van der Waals surface area (Å²) in [5, 5.41) is 23.3. The van der Waals surface area contributed by atoms with Crippen molar-refractivity contribution in [1.82, 2.24) is 14.6 Å². The quantitative estimate of drug-likeness (QED) is 0.308. The number of β-amino-alcohol motifs (C(OH)–C–C–N with tert-alkyl or cyclic N) is 1. The van der Waals surface area contributed by atoms with Crippen molar-refractivity contribution in [2.75, 3.05) is 44.2 Å². The largest absolute Gasteiger partial charge is 0.489 e. The Labute approximate surface area is 248 Å². The first-order chi connectivity index (χ1) is 17.6. The van der Waals surface area contributed by atoms with E-state index in [4.69, 9.17) is 21.1 Å². The Kier molecular flexibility index (Phi) is 14.8. The number of ether oxygens (including phenoxy) is 2. The summed E-state index contributed by atoms with van der Waals surface area (Å²) in [4.78, 5) is 4.13. The lowest BCUT2D eigenvalue weighted by Crippen LogP contribution is -2.44.